The van der Waals surface area contributed by atoms with E-state index in [4.69, 9.17) is 5.73 Å². The fourth-order valence-corrected chi connectivity index (χ4v) is 2.37. The van der Waals surface area contributed by atoms with Crippen molar-refractivity contribution >= 4 is 17.5 Å². The van der Waals surface area contributed by atoms with E-state index < -0.39 is 11.7 Å². The molecule has 0 unspecified atom stereocenters. The van der Waals surface area contributed by atoms with Gasteiger partial charge in [0.1, 0.15) is 5.82 Å². The van der Waals surface area contributed by atoms with Crippen molar-refractivity contribution in [3.05, 3.63) is 60.4 Å². The number of hydrogen-bond donors (Lipinski definition) is 3. The van der Waals surface area contributed by atoms with Crippen LogP contribution in [-0.2, 0) is 6.18 Å². The van der Waals surface area contributed by atoms with E-state index in [-0.39, 0.29) is 11.6 Å². The van der Waals surface area contributed by atoms with Crippen LogP contribution in [0.4, 0.5) is 30.6 Å². The summed E-state index contributed by atoms with van der Waals surface area (Å²) >= 11 is 0. The van der Waals surface area contributed by atoms with Gasteiger partial charge < -0.3 is 16.4 Å². The SMILES string of the molecule is NCCNc1cc(-c2ccnc(Nc3cccc(C(F)(F)F)c3)n2)ccn1. The Kier molecular flexibility index (Phi) is 5.51. The average molecular weight is 374 g/mol. The number of nitrogens with two attached hydrogens (primary N) is 1. The number of anilines is 3. The Morgan fingerprint density at radius 3 is 2.59 bits per heavy atom. The summed E-state index contributed by atoms with van der Waals surface area (Å²) in [4.78, 5) is 12.6. The molecule has 2 aromatic heterocycles. The molecule has 6 nitrogen and oxygen atoms in total. The topological polar surface area (TPSA) is 88.8 Å². The normalized spacial score (nSPS) is 11.3. The van der Waals surface area contributed by atoms with Crippen LogP contribution in [0.25, 0.3) is 11.3 Å². The van der Waals surface area contributed by atoms with E-state index in [0.29, 0.717) is 24.6 Å². The van der Waals surface area contributed by atoms with Crippen molar-refractivity contribution < 1.29 is 13.2 Å². The lowest BCUT2D eigenvalue weighted by molar-refractivity contribution is -0.137. The highest BCUT2D eigenvalue weighted by molar-refractivity contribution is 5.64. The van der Waals surface area contributed by atoms with Gasteiger partial charge in [0.2, 0.25) is 5.95 Å². The lowest BCUT2D eigenvalue weighted by atomic mass is 10.2. The second-order valence-corrected chi connectivity index (χ2v) is 5.61. The van der Waals surface area contributed by atoms with E-state index in [0.717, 1.165) is 17.7 Å². The minimum atomic E-state index is -4.41. The maximum atomic E-state index is 12.8. The first kappa shape index (κ1) is 18.6. The van der Waals surface area contributed by atoms with E-state index in [1.54, 1.807) is 18.3 Å². The standard InChI is InChI=1S/C18H17F3N6/c19-18(20,21)13-2-1-3-14(11-13)26-17-25-8-5-15(27-17)12-4-7-23-16(10-12)24-9-6-22/h1-5,7-8,10-11H,6,9,22H2,(H,23,24)(H,25,26,27). The Balaban J connectivity index is 1.82. The number of hydrogen-bond acceptors (Lipinski definition) is 6. The molecule has 1 aromatic carbocycles. The van der Waals surface area contributed by atoms with Crippen LogP contribution in [0.1, 0.15) is 5.56 Å². The average Bonchev–Trinajstić information content (AvgIpc) is 2.66. The van der Waals surface area contributed by atoms with Crippen LogP contribution in [0, 0.1) is 0 Å². The molecule has 0 amide bonds. The smallest absolute Gasteiger partial charge is 0.369 e. The van der Waals surface area contributed by atoms with Crippen molar-refractivity contribution in [2.45, 2.75) is 6.18 Å². The van der Waals surface area contributed by atoms with Gasteiger partial charge in [0.15, 0.2) is 0 Å². The van der Waals surface area contributed by atoms with Crippen molar-refractivity contribution in [2.24, 2.45) is 5.73 Å². The first-order chi connectivity index (χ1) is 13.0. The zero-order valence-electron chi connectivity index (χ0n) is 14.2. The summed E-state index contributed by atoms with van der Waals surface area (Å²) < 4.78 is 38.5. The van der Waals surface area contributed by atoms with E-state index in [2.05, 4.69) is 25.6 Å². The fourth-order valence-electron chi connectivity index (χ4n) is 2.37. The third kappa shape index (κ3) is 4.91. The van der Waals surface area contributed by atoms with Gasteiger partial charge in [-0.05, 0) is 36.4 Å². The van der Waals surface area contributed by atoms with E-state index in [1.165, 1.54) is 18.3 Å². The van der Waals surface area contributed by atoms with Gasteiger partial charge in [0.05, 0.1) is 11.3 Å². The summed E-state index contributed by atoms with van der Waals surface area (Å²) in [5.41, 5.74) is 6.38. The summed E-state index contributed by atoms with van der Waals surface area (Å²) in [6.07, 6.45) is -1.24. The zero-order chi connectivity index (χ0) is 19.3. The molecule has 2 heterocycles. The molecule has 3 aromatic rings. The predicted octanol–water partition coefficient (Wildman–Crippen LogP) is 3.67. The molecule has 0 saturated heterocycles. The number of halogens is 3. The van der Waals surface area contributed by atoms with Crippen LogP contribution in [-0.4, -0.2) is 28.0 Å². The van der Waals surface area contributed by atoms with Gasteiger partial charge in [-0.3, -0.25) is 0 Å². The summed E-state index contributed by atoms with van der Waals surface area (Å²) in [5.74, 6) is 0.851. The van der Waals surface area contributed by atoms with Crippen LogP contribution < -0.4 is 16.4 Å². The third-order valence-electron chi connectivity index (χ3n) is 3.61. The van der Waals surface area contributed by atoms with Gasteiger partial charge >= 0.3 is 6.18 Å². The number of nitrogens with zero attached hydrogens (tertiary/aromatic N) is 3. The number of nitrogens with one attached hydrogen (secondary N) is 2. The fraction of sp³-hybridized carbons (Fsp3) is 0.167. The maximum absolute atomic E-state index is 12.8. The Bertz CT molecular complexity index is 913. The summed E-state index contributed by atoms with van der Waals surface area (Å²) in [6.45, 7) is 1.06. The van der Waals surface area contributed by atoms with Gasteiger partial charge in [-0.1, -0.05) is 6.07 Å². The number of benzene rings is 1. The van der Waals surface area contributed by atoms with Gasteiger partial charge in [-0.2, -0.15) is 13.2 Å². The third-order valence-corrected chi connectivity index (χ3v) is 3.61. The van der Waals surface area contributed by atoms with Crippen LogP contribution in [0.3, 0.4) is 0 Å². The molecule has 0 bridgehead atoms. The highest BCUT2D eigenvalue weighted by Crippen LogP contribution is 2.31. The van der Waals surface area contributed by atoms with Crippen molar-refractivity contribution in [3.8, 4) is 11.3 Å². The Morgan fingerprint density at radius 1 is 1.00 bits per heavy atom. The highest BCUT2D eigenvalue weighted by Gasteiger charge is 2.30. The van der Waals surface area contributed by atoms with E-state index in [1.807, 2.05) is 6.07 Å². The first-order valence-electron chi connectivity index (χ1n) is 8.13. The molecule has 0 radical (unpaired) electrons. The molecule has 4 N–H and O–H groups in total. The molecule has 0 fully saturated rings. The highest BCUT2D eigenvalue weighted by atomic mass is 19.4. The Hall–Kier alpha value is -3.20. The van der Waals surface area contributed by atoms with Crippen molar-refractivity contribution in [1.82, 2.24) is 15.0 Å². The summed E-state index contributed by atoms with van der Waals surface area (Å²) in [5, 5.41) is 5.88. The minimum absolute atomic E-state index is 0.195. The van der Waals surface area contributed by atoms with Gasteiger partial charge in [-0.15, -0.1) is 0 Å². The van der Waals surface area contributed by atoms with Crippen LogP contribution in [0.5, 0.6) is 0 Å². The van der Waals surface area contributed by atoms with Gasteiger partial charge in [0.25, 0.3) is 0 Å². The second kappa shape index (κ2) is 8.00. The second-order valence-electron chi connectivity index (χ2n) is 5.61. The molecule has 27 heavy (non-hydrogen) atoms. The summed E-state index contributed by atoms with van der Waals surface area (Å²) in [7, 11) is 0. The van der Waals surface area contributed by atoms with Gasteiger partial charge in [-0.25, -0.2) is 15.0 Å². The molecule has 0 saturated carbocycles. The molecule has 0 atom stereocenters. The predicted molar refractivity (Wildman–Crippen MR) is 97.5 cm³/mol. The molecule has 0 aliphatic heterocycles. The molecular formula is C18H17F3N6. The van der Waals surface area contributed by atoms with Crippen LogP contribution >= 0.6 is 0 Å². The van der Waals surface area contributed by atoms with Crippen molar-refractivity contribution in [2.75, 3.05) is 23.7 Å². The quantitative estimate of drug-likeness (QED) is 0.610. The van der Waals surface area contributed by atoms with Gasteiger partial charge in [0, 0.05) is 36.7 Å². The minimum Gasteiger partial charge on any atom is -0.369 e. The van der Waals surface area contributed by atoms with E-state index in [9.17, 15) is 13.2 Å². The Morgan fingerprint density at radius 2 is 1.81 bits per heavy atom. The lowest BCUT2D eigenvalue weighted by Crippen LogP contribution is -2.13. The van der Waals surface area contributed by atoms with Crippen LogP contribution in [0.15, 0.2) is 54.9 Å². The monoisotopic (exact) mass is 374 g/mol. The molecule has 3 rings (SSSR count). The molecule has 0 aliphatic carbocycles. The lowest BCUT2D eigenvalue weighted by Gasteiger charge is -2.10. The van der Waals surface area contributed by atoms with Crippen LogP contribution in [0.2, 0.25) is 0 Å². The largest absolute Gasteiger partial charge is 0.416 e. The first-order valence-corrected chi connectivity index (χ1v) is 8.13. The zero-order valence-corrected chi connectivity index (χ0v) is 14.2. The molecular weight excluding hydrogens is 357 g/mol. The number of alkyl halides is 3. The summed E-state index contributed by atoms with van der Waals surface area (Å²) in [6, 6.07) is 10.2. The number of aromatic nitrogens is 3. The number of pyridine rings is 1. The molecule has 0 spiro atoms. The maximum Gasteiger partial charge on any atom is 0.416 e. The van der Waals surface area contributed by atoms with E-state index >= 15 is 0 Å². The molecule has 9 heteroatoms. The van der Waals surface area contributed by atoms with Crippen molar-refractivity contribution in [3.63, 3.8) is 0 Å². The molecule has 0 aliphatic rings. The Labute approximate surface area is 153 Å². The molecule has 140 valence electrons. The number of rotatable bonds is 6. The van der Waals surface area contributed by atoms with Crippen molar-refractivity contribution in [1.29, 1.82) is 0 Å².